The van der Waals surface area contributed by atoms with E-state index in [1.165, 1.54) is 24.3 Å². The maximum absolute atomic E-state index is 12.9. The number of amides is 2. The van der Waals surface area contributed by atoms with Crippen LogP contribution in [0.4, 0.5) is 10.5 Å². The molecule has 0 atom stereocenters. The fraction of sp³-hybridized carbons (Fsp3) is 0.148. The minimum Gasteiger partial charge on any atom is -0.490 e. The number of hydrogen-bond acceptors (Lipinski definition) is 8. The van der Waals surface area contributed by atoms with E-state index >= 15 is 0 Å². The third-order valence-corrected chi connectivity index (χ3v) is 6.29. The van der Waals surface area contributed by atoms with Gasteiger partial charge >= 0.3 is 0 Å². The average Bonchev–Trinajstić information content (AvgIpc) is 3.16. The Morgan fingerprint density at radius 3 is 2.41 bits per heavy atom. The van der Waals surface area contributed by atoms with Crippen molar-refractivity contribution in [2.24, 2.45) is 0 Å². The fourth-order valence-electron chi connectivity index (χ4n) is 3.53. The van der Waals surface area contributed by atoms with Crippen molar-refractivity contribution in [3.63, 3.8) is 0 Å². The van der Waals surface area contributed by atoms with Crippen LogP contribution in [-0.2, 0) is 11.4 Å². The van der Waals surface area contributed by atoms with Gasteiger partial charge in [0.2, 0.25) is 0 Å². The summed E-state index contributed by atoms with van der Waals surface area (Å²) in [6.07, 6.45) is 1.56. The molecular weight excluding hydrogens is 496 g/mol. The van der Waals surface area contributed by atoms with Gasteiger partial charge in [0, 0.05) is 17.7 Å². The molecule has 37 heavy (non-hydrogen) atoms. The van der Waals surface area contributed by atoms with Crippen LogP contribution in [0.15, 0.2) is 77.7 Å². The summed E-state index contributed by atoms with van der Waals surface area (Å²) in [4.78, 5) is 49.2. The van der Waals surface area contributed by atoms with E-state index in [9.17, 15) is 24.5 Å². The highest BCUT2D eigenvalue weighted by Gasteiger charge is 2.36. The highest BCUT2D eigenvalue weighted by molar-refractivity contribution is 8.18. The molecule has 3 aromatic rings. The molecule has 1 aliphatic heterocycles. The molecule has 1 saturated heterocycles. The number of carbonyl (C=O) groups is 3. The molecule has 0 aromatic heterocycles. The highest BCUT2D eigenvalue weighted by atomic mass is 32.2. The Kier molecular flexibility index (Phi) is 7.99. The summed E-state index contributed by atoms with van der Waals surface area (Å²) in [5.41, 5.74) is 1.64. The summed E-state index contributed by atoms with van der Waals surface area (Å²) in [5.74, 6) is -0.0472. The van der Waals surface area contributed by atoms with Crippen LogP contribution in [0, 0.1) is 10.1 Å². The van der Waals surface area contributed by atoms with E-state index in [4.69, 9.17) is 9.47 Å². The van der Waals surface area contributed by atoms with E-state index in [0.29, 0.717) is 30.3 Å². The Balaban J connectivity index is 1.47. The molecule has 4 rings (SSSR count). The van der Waals surface area contributed by atoms with Crippen molar-refractivity contribution >= 4 is 40.5 Å². The first-order valence-electron chi connectivity index (χ1n) is 11.3. The number of ether oxygens (including phenoxy) is 2. The van der Waals surface area contributed by atoms with Gasteiger partial charge in [-0.1, -0.05) is 36.4 Å². The van der Waals surface area contributed by atoms with Crippen LogP contribution in [0.3, 0.4) is 0 Å². The van der Waals surface area contributed by atoms with Crippen LogP contribution in [0.25, 0.3) is 6.08 Å². The lowest BCUT2D eigenvalue weighted by Gasteiger charge is -2.13. The predicted octanol–water partition coefficient (Wildman–Crippen LogP) is 5.49. The Hall–Kier alpha value is -4.44. The third kappa shape index (κ3) is 6.22. The molecule has 0 radical (unpaired) electrons. The molecule has 188 valence electrons. The van der Waals surface area contributed by atoms with Gasteiger partial charge < -0.3 is 9.47 Å². The van der Waals surface area contributed by atoms with Crippen LogP contribution in [0.1, 0.15) is 28.4 Å². The second-order valence-electron chi connectivity index (χ2n) is 7.91. The normalized spacial score (nSPS) is 14.2. The van der Waals surface area contributed by atoms with Crippen molar-refractivity contribution in [3.05, 3.63) is 105 Å². The highest BCUT2D eigenvalue weighted by Crippen LogP contribution is 2.35. The van der Waals surface area contributed by atoms with Gasteiger partial charge in [0.15, 0.2) is 17.3 Å². The van der Waals surface area contributed by atoms with E-state index in [1.54, 1.807) is 24.3 Å². The van der Waals surface area contributed by atoms with E-state index in [0.717, 1.165) is 22.2 Å². The summed E-state index contributed by atoms with van der Waals surface area (Å²) in [7, 11) is 0. The number of non-ortho nitro benzene ring substituents is 1. The second-order valence-corrected chi connectivity index (χ2v) is 8.90. The minimum absolute atomic E-state index is 0.159. The number of thioether (sulfide) groups is 1. The van der Waals surface area contributed by atoms with Crippen molar-refractivity contribution in [2.75, 3.05) is 13.2 Å². The first-order chi connectivity index (χ1) is 17.9. The van der Waals surface area contributed by atoms with Gasteiger partial charge in [-0.25, -0.2) is 0 Å². The smallest absolute Gasteiger partial charge is 0.293 e. The van der Waals surface area contributed by atoms with Crippen LogP contribution in [0.5, 0.6) is 11.5 Å². The van der Waals surface area contributed by atoms with Crippen LogP contribution in [-0.4, -0.2) is 39.9 Å². The molecule has 2 amide bonds. The van der Waals surface area contributed by atoms with Gasteiger partial charge in [0.05, 0.1) is 23.0 Å². The summed E-state index contributed by atoms with van der Waals surface area (Å²) in [6, 6.07) is 19.9. The third-order valence-electron chi connectivity index (χ3n) is 5.38. The number of benzene rings is 3. The van der Waals surface area contributed by atoms with E-state index in [-0.39, 0.29) is 16.2 Å². The molecular formula is C27H22N2O7S. The summed E-state index contributed by atoms with van der Waals surface area (Å²) >= 11 is 0.736. The molecule has 0 saturated carbocycles. The van der Waals surface area contributed by atoms with Gasteiger partial charge in [-0.15, -0.1) is 0 Å². The number of hydrogen-bond donors (Lipinski definition) is 0. The summed E-state index contributed by atoms with van der Waals surface area (Å²) in [6.45, 7) is 2.16. The zero-order valence-electron chi connectivity index (χ0n) is 19.8. The number of nitro benzene ring substituents is 1. The molecule has 0 unspecified atom stereocenters. The van der Waals surface area contributed by atoms with Gasteiger partial charge in [0.25, 0.3) is 16.8 Å². The number of rotatable bonds is 10. The van der Waals surface area contributed by atoms with Gasteiger partial charge in [0.1, 0.15) is 6.61 Å². The van der Waals surface area contributed by atoms with E-state index in [2.05, 4.69) is 0 Å². The molecule has 1 heterocycles. The van der Waals surface area contributed by atoms with E-state index < -0.39 is 28.4 Å². The van der Waals surface area contributed by atoms with Gasteiger partial charge in [-0.3, -0.25) is 29.4 Å². The number of Topliss-reactive ketones (excluding diaryl/α,β-unsaturated/α-hetero) is 1. The summed E-state index contributed by atoms with van der Waals surface area (Å²) in [5, 5.41) is 10.2. The lowest BCUT2D eigenvalue weighted by Crippen LogP contribution is -2.33. The van der Waals surface area contributed by atoms with Crippen molar-refractivity contribution < 1.29 is 28.8 Å². The molecule has 0 bridgehead atoms. The largest absolute Gasteiger partial charge is 0.490 e. The molecule has 0 spiro atoms. The first kappa shape index (κ1) is 25.6. The maximum Gasteiger partial charge on any atom is 0.293 e. The minimum atomic E-state index is -0.590. The maximum atomic E-state index is 12.9. The van der Waals surface area contributed by atoms with Crippen molar-refractivity contribution in [1.82, 2.24) is 4.90 Å². The van der Waals surface area contributed by atoms with Crippen molar-refractivity contribution in [3.8, 4) is 11.5 Å². The summed E-state index contributed by atoms with van der Waals surface area (Å²) < 4.78 is 11.6. The Morgan fingerprint density at radius 2 is 1.73 bits per heavy atom. The molecule has 1 aliphatic rings. The lowest BCUT2D eigenvalue weighted by molar-refractivity contribution is -0.384. The Bertz CT molecular complexity index is 1370. The first-order valence-corrected chi connectivity index (χ1v) is 12.1. The molecule has 3 aromatic carbocycles. The fourth-order valence-corrected chi connectivity index (χ4v) is 4.37. The van der Waals surface area contributed by atoms with Crippen molar-refractivity contribution in [2.45, 2.75) is 13.5 Å². The second kappa shape index (κ2) is 11.5. The molecule has 9 nitrogen and oxygen atoms in total. The van der Waals surface area contributed by atoms with Crippen LogP contribution in [0.2, 0.25) is 0 Å². The average molecular weight is 519 g/mol. The predicted molar refractivity (Wildman–Crippen MR) is 138 cm³/mol. The topological polar surface area (TPSA) is 116 Å². The Labute approximate surface area is 216 Å². The number of carbonyl (C=O) groups excluding carboxylic acids is 3. The number of imide groups is 1. The van der Waals surface area contributed by atoms with Crippen LogP contribution >= 0.6 is 11.8 Å². The van der Waals surface area contributed by atoms with Crippen molar-refractivity contribution in [1.29, 1.82) is 0 Å². The van der Waals surface area contributed by atoms with E-state index in [1.807, 2.05) is 37.3 Å². The zero-order chi connectivity index (χ0) is 26.4. The lowest BCUT2D eigenvalue weighted by atomic mass is 10.1. The molecule has 1 fully saturated rings. The SMILES string of the molecule is CCOc1cc(/C=C2/SC(=O)N(CC(=O)c3ccc([N+](=O)[O-])cc3)C2=O)ccc1OCc1ccccc1. The quantitative estimate of drug-likeness (QED) is 0.150. The number of ketones is 1. The molecule has 10 heteroatoms. The standard InChI is InChI=1S/C27H22N2O7S/c1-2-35-24-14-19(8-13-23(24)36-17-18-6-4-3-5-7-18)15-25-26(31)28(27(32)37-25)16-22(30)20-9-11-21(12-10-20)29(33)34/h3-15H,2,16-17H2,1H3/b25-15+. The monoisotopic (exact) mass is 518 g/mol. The van der Waals surface area contributed by atoms with Crippen LogP contribution < -0.4 is 9.47 Å². The number of nitrogens with zero attached hydrogens (tertiary/aromatic N) is 2. The molecule has 0 N–H and O–H groups in total. The zero-order valence-corrected chi connectivity index (χ0v) is 20.6. The Morgan fingerprint density at radius 1 is 1.00 bits per heavy atom. The van der Waals surface area contributed by atoms with Gasteiger partial charge in [-0.2, -0.15) is 0 Å². The molecule has 0 aliphatic carbocycles. The number of nitro groups is 1. The van der Waals surface area contributed by atoms with Gasteiger partial charge in [-0.05, 0) is 60.2 Å².